The van der Waals surface area contributed by atoms with E-state index in [1.807, 2.05) is 29.2 Å². The molecule has 1 saturated heterocycles. The van der Waals surface area contributed by atoms with Gasteiger partial charge in [-0.2, -0.15) is 0 Å². The smallest absolute Gasteiger partial charge is 0.270 e. The molecule has 35 heavy (non-hydrogen) atoms. The molecule has 0 aliphatic carbocycles. The molecule has 2 amide bonds. The summed E-state index contributed by atoms with van der Waals surface area (Å²) in [6.07, 6.45) is 0. The highest BCUT2D eigenvalue weighted by Gasteiger charge is 2.23. The average molecular weight is 515 g/mol. The van der Waals surface area contributed by atoms with Gasteiger partial charge in [-0.1, -0.05) is 41.3 Å². The summed E-state index contributed by atoms with van der Waals surface area (Å²) >= 11 is 2.39. The van der Waals surface area contributed by atoms with Gasteiger partial charge in [0.25, 0.3) is 11.6 Å². The van der Waals surface area contributed by atoms with E-state index >= 15 is 0 Å². The Kier molecular flexibility index (Phi) is 7.77. The second kappa shape index (κ2) is 11.1. The molecule has 0 radical (unpaired) electrons. The average Bonchev–Trinajstić information content (AvgIpc) is 3.34. The molecule has 1 fully saturated rings. The molecular formula is C22H22N6O5S2. The van der Waals surface area contributed by atoms with Gasteiger partial charge in [0.2, 0.25) is 11.0 Å². The molecule has 0 bridgehead atoms. The maximum absolute atomic E-state index is 12.7. The molecular weight excluding hydrogens is 492 g/mol. The first-order valence-electron chi connectivity index (χ1n) is 10.6. The molecule has 2 aromatic carbocycles. The van der Waals surface area contributed by atoms with Crippen LogP contribution in [0.1, 0.15) is 10.4 Å². The molecule has 0 unspecified atom stereocenters. The SMILES string of the molecule is COc1ccccc1N1CCN(C(=O)CSc2nnc(NC(=O)c3cccc([N+](=O)[O-])c3)s2)CC1. The third kappa shape index (κ3) is 6.05. The number of rotatable bonds is 8. The zero-order valence-electron chi connectivity index (χ0n) is 18.7. The monoisotopic (exact) mass is 514 g/mol. The van der Waals surface area contributed by atoms with Crippen LogP contribution in [-0.4, -0.2) is 70.9 Å². The summed E-state index contributed by atoms with van der Waals surface area (Å²) in [7, 11) is 1.65. The Morgan fingerprint density at radius 2 is 1.91 bits per heavy atom. The van der Waals surface area contributed by atoms with Crippen LogP contribution in [0.5, 0.6) is 5.75 Å². The maximum atomic E-state index is 12.7. The number of carbonyl (C=O) groups excluding carboxylic acids is 2. The number of nitrogens with one attached hydrogen (secondary N) is 1. The lowest BCUT2D eigenvalue weighted by Crippen LogP contribution is -2.49. The molecule has 1 aromatic heterocycles. The molecule has 2 heterocycles. The fraction of sp³-hybridized carbons (Fsp3) is 0.273. The zero-order valence-corrected chi connectivity index (χ0v) is 20.4. The Labute approximate surface area is 209 Å². The second-order valence-electron chi connectivity index (χ2n) is 7.46. The van der Waals surface area contributed by atoms with Gasteiger partial charge in [0.1, 0.15) is 5.75 Å². The summed E-state index contributed by atoms with van der Waals surface area (Å²) in [6.45, 7) is 2.64. The predicted molar refractivity (Wildman–Crippen MR) is 133 cm³/mol. The number of thioether (sulfide) groups is 1. The highest BCUT2D eigenvalue weighted by Crippen LogP contribution is 2.29. The van der Waals surface area contributed by atoms with Gasteiger partial charge >= 0.3 is 0 Å². The number of para-hydroxylation sites is 2. The van der Waals surface area contributed by atoms with Gasteiger partial charge in [-0.3, -0.25) is 25.0 Å². The minimum atomic E-state index is -0.564. The predicted octanol–water partition coefficient (Wildman–Crippen LogP) is 3.15. The summed E-state index contributed by atoms with van der Waals surface area (Å²) < 4.78 is 5.98. The minimum absolute atomic E-state index is 0.00653. The number of carbonyl (C=O) groups is 2. The first kappa shape index (κ1) is 24.4. The zero-order chi connectivity index (χ0) is 24.8. The van der Waals surface area contributed by atoms with Crippen LogP contribution in [0, 0.1) is 10.1 Å². The standard InChI is InChI=1S/C22H22N6O5S2/c1-33-18-8-3-2-7-17(18)26-9-11-27(12-10-26)19(29)14-34-22-25-24-21(35-22)23-20(30)15-5-4-6-16(13-15)28(31)32/h2-8,13H,9-12,14H2,1H3,(H,23,24,30). The molecule has 4 rings (SSSR count). The Balaban J connectivity index is 1.26. The van der Waals surface area contributed by atoms with Crippen molar-refractivity contribution in [1.82, 2.24) is 15.1 Å². The number of hydrogen-bond donors (Lipinski definition) is 1. The van der Waals surface area contributed by atoms with Gasteiger partial charge in [0.15, 0.2) is 4.34 Å². The molecule has 182 valence electrons. The summed E-state index contributed by atoms with van der Waals surface area (Å²) in [4.78, 5) is 39.4. The molecule has 11 nitrogen and oxygen atoms in total. The van der Waals surface area contributed by atoms with E-state index in [0.29, 0.717) is 30.5 Å². The Bertz CT molecular complexity index is 1230. The van der Waals surface area contributed by atoms with Gasteiger partial charge in [-0.15, -0.1) is 10.2 Å². The number of amides is 2. The lowest BCUT2D eigenvalue weighted by molar-refractivity contribution is -0.384. The normalized spacial score (nSPS) is 13.4. The van der Waals surface area contributed by atoms with Crippen LogP contribution in [0.3, 0.4) is 0 Å². The maximum Gasteiger partial charge on any atom is 0.270 e. The van der Waals surface area contributed by atoms with Crippen LogP contribution in [0.4, 0.5) is 16.5 Å². The van der Waals surface area contributed by atoms with E-state index in [4.69, 9.17) is 4.74 Å². The van der Waals surface area contributed by atoms with Crippen LogP contribution in [-0.2, 0) is 4.79 Å². The Morgan fingerprint density at radius 1 is 1.14 bits per heavy atom. The van der Waals surface area contributed by atoms with Crippen LogP contribution in [0.15, 0.2) is 52.9 Å². The topological polar surface area (TPSA) is 131 Å². The van der Waals surface area contributed by atoms with Crippen molar-refractivity contribution in [3.05, 3.63) is 64.2 Å². The Hall–Kier alpha value is -3.71. The molecule has 0 saturated carbocycles. The molecule has 1 aliphatic rings. The van der Waals surface area contributed by atoms with E-state index in [9.17, 15) is 19.7 Å². The third-order valence-electron chi connectivity index (χ3n) is 5.32. The number of nitro groups is 1. The van der Waals surface area contributed by atoms with E-state index in [-0.39, 0.29) is 28.0 Å². The van der Waals surface area contributed by atoms with Crippen molar-refractivity contribution in [2.75, 3.05) is 49.3 Å². The summed E-state index contributed by atoms with van der Waals surface area (Å²) in [5.74, 6) is 0.507. The van der Waals surface area contributed by atoms with Crippen molar-refractivity contribution in [1.29, 1.82) is 0 Å². The van der Waals surface area contributed by atoms with Crippen LogP contribution < -0.4 is 15.0 Å². The molecule has 1 N–H and O–H groups in total. The third-order valence-corrected chi connectivity index (χ3v) is 7.28. The fourth-order valence-corrected chi connectivity index (χ4v) is 5.20. The molecule has 0 atom stereocenters. The van der Waals surface area contributed by atoms with Gasteiger partial charge in [0.05, 0.1) is 23.5 Å². The first-order valence-corrected chi connectivity index (χ1v) is 12.4. The van der Waals surface area contributed by atoms with Crippen molar-refractivity contribution in [2.24, 2.45) is 0 Å². The summed E-state index contributed by atoms with van der Waals surface area (Å²) in [5.41, 5.74) is 0.990. The number of nitro benzene ring substituents is 1. The second-order valence-corrected chi connectivity index (χ2v) is 9.66. The largest absolute Gasteiger partial charge is 0.495 e. The Morgan fingerprint density at radius 3 is 2.66 bits per heavy atom. The van der Waals surface area contributed by atoms with Crippen molar-refractivity contribution in [3.8, 4) is 5.75 Å². The van der Waals surface area contributed by atoms with Gasteiger partial charge in [-0.25, -0.2) is 0 Å². The fourth-order valence-electron chi connectivity index (χ4n) is 3.55. The van der Waals surface area contributed by atoms with Gasteiger partial charge < -0.3 is 14.5 Å². The van der Waals surface area contributed by atoms with Crippen molar-refractivity contribution in [2.45, 2.75) is 4.34 Å². The van der Waals surface area contributed by atoms with Crippen LogP contribution in [0.25, 0.3) is 0 Å². The number of piperazine rings is 1. The van der Waals surface area contributed by atoms with Crippen molar-refractivity contribution in [3.63, 3.8) is 0 Å². The van der Waals surface area contributed by atoms with Crippen LogP contribution >= 0.6 is 23.1 Å². The van der Waals surface area contributed by atoms with Crippen molar-refractivity contribution < 1.29 is 19.2 Å². The quantitative estimate of drug-likeness (QED) is 0.208. The van der Waals surface area contributed by atoms with E-state index < -0.39 is 10.8 Å². The minimum Gasteiger partial charge on any atom is -0.495 e. The van der Waals surface area contributed by atoms with Crippen LogP contribution in [0.2, 0.25) is 0 Å². The molecule has 3 aromatic rings. The lowest BCUT2D eigenvalue weighted by Gasteiger charge is -2.36. The molecule has 13 heteroatoms. The van der Waals surface area contributed by atoms with Crippen molar-refractivity contribution >= 4 is 51.4 Å². The van der Waals surface area contributed by atoms with Gasteiger partial charge in [0, 0.05) is 43.9 Å². The summed E-state index contributed by atoms with van der Waals surface area (Å²) in [5, 5.41) is 21.7. The number of benzene rings is 2. The number of nitrogens with zero attached hydrogens (tertiary/aromatic N) is 5. The van der Waals surface area contributed by atoms with Gasteiger partial charge in [-0.05, 0) is 18.2 Å². The van der Waals surface area contributed by atoms with E-state index in [1.165, 1.54) is 36.0 Å². The summed E-state index contributed by atoms with van der Waals surface area (Å²) in [6, 6.07) is 13.3. The van der Waals surface area contributed by atoms with E-state index in [1.54, 1.807) is 7.11 Å². The number of ether oxygens (including phenoxy) is 1. The number of methoxy groups -OCH3 is 1. The lowest BCUT2D eigenvalue weighted by atomic mass is 10.2. The molecule has 1 aliphatic heterocycles. The number of aromatic nitrogens is 2. The highest BCUT2D eigenvalue weighted by atomic mass is 32.2. The number of anilines is 2. The number of hydrogen-bond acceptors (Lipinski definition) is 10. The van der Waals surface area contributed by atoms with E-state index in [2.05, 4.69) is 20.4 Å². The van der Waals surface area contributed by atoms with E-state index in [0.717, 1.165) is 22.8 Å². The molecule has 0 spiro atoms. The first-order chi connectivity index (χ1) is 16.9. The highest BCUT2D eigenvalue weighted by molar-refractivity contribution is 8.01. The number of non-ortho nitro benzene ring substituents is 1.